The molecule has 0 aliphatic rings. The Hall–Kier alpha value is -1.94. The second-order valence-electron chi connectivity index (χ2n) is 4.19. The number of hydrogen-bond donors (Lipinski definition) is 2. The van der Waals surface area contributed by atoms with Gasteiger partial charge in [0.15, 0.2) is 0 Å². The normalized spacial score (nSPS) is 10.2. The number of nitrogen functional groups attached to an aromatic ring is 1. The van der Waals surface area contributed by atoms with E-state index in [2.05, 4.69) is 5.32 Å². The van der Waals surface area contributed by atoms with Gasteiger partial charge in [-0.15, -0.1) is 11.8 Å². The second kappa shape index (κ2) is 6.29. The number of rotatable bonds is 4. The molecule has 0 bridgehead atoms. The van der Waals surface area contributed by atoms with Crippen LogP contribution in [0.25, 0.3) is 0 Å². The minimum atomic E-state index is -0.0464. The molecule has 0 unspecified atom stereocenters. The van der Waals surface area contributed by atoms with Crippen LogP contribution in [-0.4, -0.2) is 11.7 Å². The van der Waals surface area contributed by atoms with Crippen molar-refractivity contribution in [2.45, 2.75) is 11.8 Å². The van der Waals surface area contributed by atoms with Crippen molar-refractivity contribution >= 4 is 29.0 Å². The monoisotopic (exact) mass is 272 g/mol. The van der Waals surface area contributed by atoms with Crippen LogP contribution in [-0.2, 0) is 4.79 Å². The Balaban J connectivity index is 1.95. The average molecular weight is 272 g/mol. The van der Waals surface area contributed by atoms with Crippen molar-refractivity contribution in [2.24, 2.45) is 0 Å². The van der Waals surface area contributed by atoms with Gasteiger partial charge in [0.2, 0.25) is 5.91 Å². The summed E-state index contributed by atoms with van der Waals surface area (Å²) in [6.45, 7) is 1.93. The summed E-state index contributed by atoms with van der Waals surface area (Å²) >= 11 is 1.51. The fraction of sp³-hybridized carbons (Fsp3) is 0.133. The third-order valence-electron chi connectivity index (χ3n) is 2.68. The number of aryl methyl sites for hydroxylation is 1. The molecule has 0 radical (unpaired) electrons. The first kappa shape index (κ1) is 13.5. The Kier molecular flexibility index (Phi) is 4.47. The summed E-state index contributed by atoms with van der Waals surface area (Å²) < 4.78 is 0. The van der Waals surface area contributed by atoms with Crippen molar-refractivity contribution in [1.82, 2.24) is 0 Å². The lowest BCUT2D eigenvalue weighted by molar-refractivity contribution is -0.113. The van der Waals surface area contributed by atoms with Gasteiger partial charge in [-0.3, -0.25) is 4.79 Å². The highest BCUT2D eigenvalue weighted by Gasteiger charge is 2.08. The van der Waals surface area contributed by atoms with E-state index in [0.717, 1.165) is 10.5 Å². The van der Waals surface area contributed by atoms with Gasteiger partial charge in [-0.1, -0.05) is 30.3 Å². The van der Waals surface area contributed by atoms with Crippen LogP contribution in [0.2, 0.25) is 0 Å². The lowest BCUT2D eigenvalue weighted by Gasteiger charge is -2.10. The van der Waals surface area contributed by atoms with E-state index < -0.39 is 0 Å². The van der Waals surface area contributed by atoms with Gasteiger partial charge in [-0.05, 0) is 30.7 Å². The van der Waals surface area contributed by atoms with Crippen LogP contribution in [0.1, 0.15) is 5.56 Å². The zero-order valence-electron chi connectivity index (χ0n) is 10.7. The summed E-state index contributed by atoms with van der Waals surface area (Å²) in [6, 6.07) is 15.4. The SMILES string of the molecule is Cc1cccc(N)c1NC(=O)CSc1ccccc1. The number of anilines is 2. The number of hydrogen-bond acceptors (Lipinski definition) is 3. The number of thioether (sulfide) groups is 1. The first-order valence-corrected chi connectivity index (χ1v) is 6.98. The summed E-state index contributed by atoms with van der Waals surface area (Å²) in [5.41, 5.74) is 8.13. The van der Waals surface area contributed by atoms with E-state index in [4.69, 9.17) is 5.73 Å². The molecular formula is C15H16N2OS. The van der Waals surface area contributed by atoms with Crippen LogP contribution in [0, 0.1) is 6.92 Å². The number of nitrogens with two attached hydrogens (primary N) is 1. The maximum Gasteiger partial charge on any atom is 0.234 e. The fourth-order valence-electron chi connectivity index (χ4n) is 1.70. The van der Waals surface area contributed by atoms with Gasteiger partial charge in [-0.25, -0.2) is 0 Å². The van der Waals surface area contributed by atoms with Crippen LogP contribution >= 0.6 is 11.8 Å². The molecule has 3 nitrogen and oxygen atoms in total. The molecule has 19 heavy (non-hydrogen) atoms. The third kappa shape index (κ3) is 3.76. The lowest BCUT2D eigenvalue weighted by Crippen LogP contribution is -2.16. The summed E-state index contributed by atoms with van der Waals surface area (Å²) in [5, 5.41) is 2.86. The molecule has 1 amide bonds. The summed E-state index contributed by atoms with van der Waals surface area (Å²) in [5.74, 6) is 0.326. The number of para-hydroxylation sites is 1. The molecule has 2 aromatic rings. The quantitative estimate of drug-likeness (QED) is 0.663. The number of carbonyl (C=O) groups is 1. The van der Waals surface area contributed by atoms with Crippen LogP contribution < -0.4 is 11.1 Å². The number of carbonyl (C=O) groups excluding carboxylic acids is 1. The Morgan fingerprint density at radius 1 is 1.16 bits per heavy atom. The van der Waals surface area contributed by atoms with Gasteiger partial charge < -0.3 is 11.1 Å². The van der Waals surface area contributed by atoms with E-state index in [9.17, 15) is 4.79 Å². The van der Waals surface area contributed by atoms with E-state index in [1.807, 2.05) is 49.4 Å². The maximum atomic E-state index is 11.9. The highest BCUT2D eigenvalue weighted by molar-refractivity contribution is 8.00. The molecule has 2 rings (SSSR count). The van der Waals surface area contributed by atoms with Crippen LogP contribution in [0.15, 0.2) is 53.4 Å². The first-order valence-electron chi connectivity index (χ1n) is 5.99. The van der Waals surface area contributed by atoms with Gasteiger partial charge in [0.1, 0.15) is 0 Å². The highest BCUT2D eigenvalue weighted by atomic mass is 32.2. The van der Waals surface area contributed by atoms with Crippen molar-refractivity contribution in [2.75, 3.05) is 16.8 Å². The van der Waals surface area contributed by atoms with Gasteiger partial charge in [0.05, 0.1) is 17.1 Å². The zero-order chi connectivity index (χ0) is 13.7. The molecule has 0 spiro atoms. The maximum absolute atomic E-state index is 11.9. The van der Waals surface area contributed by atoms with Crippen LogP contribution in [0.5, 0.6) is 0 Å². The molecule has 2 aromatic carbocycles. The van der Waals surface area contributed by atoms with Gasteiger partial charge in [0.25, 0.3) is 0 Å². The van der Waals surface area contributed by atoms with E-state index in [0.29, 0.717) is 17.1 Å². The molecule has 0 aliphatic carbocycles. The molecule has 98 valence electrons. The lowest BCUT2D eigenvalue weighted by atomic mass is 10.1. The van der Waals surface area contributed by atoms with Crippen LogP contribution in [0.3, 0.4) is 0 Å². The van der Waals surface area contributed by atoms with E-state index in [-0.39, 0.29) is 5.91 Å². The molecule has 0 fully saturated rings. The average Bonchev–Trinajstić information content (AvgIpc) is 2.42. The van der Waals surface area contributed by atoms with Gasteiger partial charge >= 0.3 is 0 Å². The highest BCUT2D eigenvalue weighted by Crippen LogP contribution is 2.23. The van der Waals surface area contributed by atoms with E-state index >= 15 is 0 Å². The molecule has 3 N–H and O–H groups in total. The third-order valence-corrected chi connectivity index (χ3v) is 3.69. The van der Waals surface area contributed by atoms with Crippen molar-refractivity contribution < 1.29 is 4.79 Å². The Morgan fingerprint density at radius 2 is 1.89 bits per heavy atom. The first-order chi connectivity index (χ1) is 9.16. The summed E-state index contributed by atoms with van der Waals surface area (Å²) in [7, 11) is 0. The predicted molar refractivity (Wildman–Crippen MR) is 81.4 cm³/mol. The Morgan fingerprint density at radius 3 is 2.58 bits per heavy atom. The number of nitrogens with one attached hydrogen (secondary N) is 1. The minimum Gasteiger partial charge on any atom is -0.397 e. The molecule has 0 atom stereocenters. The van der Waals surface area contributed by atoms with Gasteiger partial charge in [0, 0.05) is 4.90 Å². The van der Waals surface area contributed by atoms with Crippen molar-refractivity contribution in [3.05, 3.63) is 54.1 Å². The standard InChI is InChI=1S/C15H16N2OS/c1-11-6-5-9-13(16)15(11)17-14(18)10-19-12-7-3-2-4-8-12/h2-9H,10,16H2,1H3,(H,17,18). The van der Waals surface area contributed by atoms with Gasteiger partial charge in [-0.2, -0.15) is 0 Å². The second-order valence-corrected chi connectivity index (χ2v) is 5.24. The van der Waals surface area contributed by atoms with Crippen LogP contribution in [0.4, 0.5) is 11.4 Å². The Labute approximate surface area is 117 Å². The van der Waals surface area contributed by atoms with E-state index in [1.54, 1.807) is 6.07 Å². The summed E-state index contributed by atoms with van der Waals surface area (Å²) in [6.07, 6.45) is 0. The molecule has 0 saturated carbocycles. The number of benzene rings is 2. The van der Waals surface area contributed by atoms with Crippen molar-refractivity contribution in [1.29, 1.82) is 0 Å². The number of amides is 1. The smallest absolute Gasteiger partial charge is 0.234 e. The molecule has 0 aliphatic heterocycles. The summed E-state index contributed by atoms with van der Waals surface area (Å²) in [4.78, 5) is 13.0. The Bertz CT molecular complexity index is 549. The molecule has 0 heterocycles. The largest absolute Gasteiger partial charge is 0.397 e. The zero-order valence-corrected chi connectivity index (χ0v) is 11.5. The molecular weight excluding hydrogens is 256 g/mol. The minimum absolute atomic E-state index is 0.0464. The van der Waals surface area contributed by atoms with E-state index in [1.165, 1.54) is 11.8 Å². The molecule has 0 aromatic heterocycles. The predicted octanol–water partition coefficient (Wildman–Crippen LogP) is 3.31. The topological polar surface area (TPSA) is 55.1 Å². The molecule has 4 heteroatoms. The van der Waals surface area contributed by atoms with Crippen molar-refractivity contribution in [3.8, 4) is 0 Å². The fourth-order valence-corrected chi connectivity index (χ4v) is 2.42. The van der Waals surface area contributed by atoms with Crippen molar-refractivity contribution in [3.63, 3.8) is 0 Å². The molecule has 0 saturated heterocycles.